The number of para-hydroxylation sites is 1. The van der Waals surface area contributed by atoms with Gasteiger partial charge < -0.3 is 20.1 Å². The molecule has 0 aliphatic heterocycles. The maximum atomic E-state index is 12.4. The van der Waals surface area contributed by atoms with E-state index in [1.54, 1.807) is 0 Å². The summed E-state index contributed by atoms with van der Waals surface area (Å²) in [4.78, 5) is 24.3. The summed E-state index contributed by atoms with van der Waals surface area (Å²) < 4.78 is 10.3. The normalized spacial score (nSPS) is 13.1. The first-order valence-corrected chi connectivity index (χ1v) is 8.33. The summed E-state index contributed by atoms with van der Waals surface area (Å²) in [7, 11) is 1.28. The lowest BCUT2D eigenvalue weighted by atomic mass is 9.86. The van der Waals surface area contributed by atoms with Crippen LogP contribution in [-0.2, 0) is 19.7 Å². The number of hydrogen-bond donors (Lipinski definition) is 2. The van der Waals surface area contributed by atoms with Crippen molar-refractivity contribution in [1.29, 1.82) is 0 Å². The Balaban J connectivity index is 2.83. The van der Waals surface area contributed by atoms with Crippen molar-refractivity contribution in [3.05, 3.63) is 29.8 Å². The summed E-state index contributed by atoms with van der Waals surface area (Å²) in [5.74, 6) is -0.552. The van der Waals surface area contributed by atoms with E-state index in [-0.39, 0.29) is 12.0 Å². The van der Waals surface area contributed by atoms with Crippen molar-refractivity contribution >= 4 is 17.7 Å². The monoisotopic (exact) mass is 350 g/mol. The minimum Gasteiger partial charge on any atom is -0.467 e. The molecule has 1 atom stereocenters. The number of methoxy groups -OCH3 is 1. The van der Waals surface area contributed by atoms with Gasteiger partial charge in [-0.25, -0.2) is 9.59 Å². The highest BCUT2D eigenvalue weighted by Gasteiger charge is 2.25. The molecule has 1 unspecified atom stereocenters. The molecule has 2 N–H and O–H groups in total. The van der Waals surface area contributed by atoms with E-state index in [4.69, 9.17) is 9.47 Å². The van der Waals surface area contributed by atoms with Gasteiger partial charge in [-0.15, -0.1) is 0 Å². The number of carbonyl (C=O) groups is 2. The van der Waals surface area contributed by atoms with Crippen LogP contribution in [0.3, 0.4) is 0 Å². The number of nitrogens with one attached hydrogen (secondary N) is 2. The van der Waals surface area contributed by atoms with Crippen LogP contribution in [0.25, 0.3) is 0 Å². The molecule has 0 bridgehead atoms. The van der Waals surface area contributed by atoms with Crippen LogP contribution in [0.1, 0.15) is 47.1 Å². The highest BCUT2D eigenvalue weighted by Crippen LogP contribution is 2.29. The van der Waals surface area contributed by atoms with Crippen molar-refractivity contribution in [2.45, 2.75) is 58.6 Å². The second-order valence-corrected chi connectivity index (χ2v) is 7.89. The molecule has 0 aliphatic carbocycles. The van der Waals surface area contributed by atoms with Crippen molar-refractivity contribution in [3.8, 4) is 0 Å². The zero-order valence-electron chi connectivity index (χ0n) is 16.2. The fraction of sp³-hybridized carbons (Fsp3) is 0.579. The van der Waals surface area contributed by atoms with Crippen LogP contribution < -0.4 is 10.6 Å². The lowest BCUT2D eigenvalue weighted by Crippen LogP contribution is -2.47. The average Bonchev–Trinajstić information content (AvgIpc) is 2.49. The fourth-order valence-electron chi connectivity index (χ4n) is 2.21. The summed E-state index contributed by atoms with van der Waals surface area (Å²) in [6.07, 6.45) is 0. The van der Waals surface area contributed by atoms with Gasteiger partial charge in [0.15, 0.2) is 6.04 Å². The number of ether oxygens (including phenoxy) is 2. The molecule has 140 valence electrons. The van der Waals surface area contributed by atoms with Crippen LogP contribution in [0.5, 0.6) is 0 Å². The molecule has 0 saturated carbocycles. The Morgan fingerprint density at radius 2 is 1.68 bits per heavy atom. The lowest BCUT2D eigenvalue weighted by Gasteiger charge is -2.25. The number of anilines is 1. The van der Waals surface area contributed by atoms with E-state index < -0.39 is 23.6 Å². The van der Waals surface area contributed by atoms with Crippen LogP contribution >= 0.6 is 0 Å². The third-order valence-electron chi connectivity index (χ3n) is 3.46. The molecule has 0 saturated heterocycles. The van der Waals surface area contributed by atoms with Gasteiger partial charge in [0, 0.05) is 5.69 Å². The molecule has 0 aromatic heterocycles. The molecule has 2 amide bonds. The van der Waals surface area contributed by atoms with E-state index in [2.05, 4.69) is 31.4 Å². The predicted molar refractivity (Wildman–Crippen MR) is 98.8 cm³/mol. The van der Waals surface area contributed by atoms with Gasteiger partial charge in [0.1, 0.15) is 0 Å². The molecule has 0 radical (unpaired) electrons. The number of benzene rings is 1. The summed E-state index contributed by atoms with van der Waals surface area (Å²) in [5, 5.41) is 5.43. The number of urea groups is 1. The largest absolute Gasteiger partial charge is 0.467 e. The first-order chi connectivity index (χ1) is 11.4. The molecule has 6 nitrogen and oxygen atoms in total. The maximum absolute atomic E-state index is 12.4. The fourth-order valence-corrected chi connectivity index (χ4v) is 2.21. The van der Waals surface area contributed by atoms with Crippen LogP contribution in [-0.4, -0.2) is 37.4 Å². The molecule has 0 heterocycles. The maximum Gasteiger partial charge on any atom is 0.330 e. The molecular formula is C19H30N2O4. The van der Waals surface area contributed by atoms with Crippen molar-refractivity contribution in [2.75, 3.05) is 19.0 Å². The van der Waals surface area contributed by atoms with E-state index >= 15 is 0 Å². The molecule has 25 heavy (non-hydrogen) atoms. The van der Waals surface area contributed by atoms with Gasteiger partial charge in [-0.05, 0) is 37.8 Å². The standard InChI is InChI=1S/C19H30N2O4/c1-18(2,3)13-10-8-9-11-14(13)20-17(23)21-15(16(22)24-7)12-25-19(4,5)6/h8-11,15H,12H2,1-7H3,(H2,20,21,23). The van der Waals surface area contributed by atoms with E-state index in [1.165, 1.54) is 7.11 Å². The van der Waals surface area contributed by atoms with E-state index in [1.807, 2.05) is 45.0 Å². The molecule has 1 rings (SSSR count). The smallest absolute Gasteiger partial charge is 0.330 e. The number of carbonyl (C=O) groups excluding carboxylic acids is 2. The summed E-state index contributed by atoms with van der Waals surface area (Å²) in [6.45, 7) is 11.9. The van der Waals surface area contributed by atoms with Gasteiger partial charge in [-0.3, -0.25) is 0 Å². The average molecular weight is 350 g/mol. The minimum atomic E-state index is -0.883. The van der Waals surface area contributed by atoms with Gasteiger partial charge >= 0.3 is 12.0 Å². The Bertz CT molecular complexity index is 600. The van der Waals surface area contributed by atoms with Gasteiger partial charge in [0.25, 0.3) is 0 Å². The summed E-state index contributed by atoms with van der Waals surface area (Å²) in [6, 6.07) is 6.22. The van der Waals surface area contributed by atoms with Gasteiger partial charge in [-0.2, -0.15) is 0 Å². The van der Waals surface area contributed by atoms with Crippen LogP contribution in [0.2, 0.25) is 0 Å². The second-order valence-electron chi connectivity index (χ2n) is 7.89. The summed E-state index contributed by atoms with van der Waals surface area (Å²) in [5.41, 5.74) is 1.16. The Morgan fingerprint density at radius 1 is 1.08 bits per heavy atom. The molecule has 1 aromatic carbocycles. The zero-order valence-corrected chi connectivity index (χ0v) is 16.2. The Kier molecular flexibility index (Phi) is 6.99. The highest BCUT2D eigenvalue weighted by atomic mass is 16.5. The van der Waals surface area contributed by atoms with Crippen molar-refractivity contribution in [1.82, 2.24) is 5.32 Å². The molecule has 0 fully saturated rings. The highest BCUT2D eigenvalue weighted by molar-refractivity contribution is 5.93. The quantitative estimate of drug-likeness (QED) is 0.797. The Labute approximate surface area is 150 Å². The number of hydrogen-bond acceptors (Lipinski definition) is 4. The molecule has 6 heteroatoms. The lowest BCUT2D eigenvalue weighted by molar-refractivity contribution is -0.145. The zero-order chi connectivity index (χ0) is 19.3. The molecule has 1 aromatic rings. The van der Waals surface area contributed by atoms with Crippen molar-refractivity contribution < 1.29 is 19.1 Å². The van der Waals surface area contributed by atoms with Gasteiger partial charge in [-0.1, -0.05) is 39.0 Å². The molecule has 0 aliphatic rings. The SMILES string of the molecule is COC(=O)C(COC(C)(C)C)NC(=O)Nc1ccccc1C(C)(C)C. The van der Waals surface area contributed by atoms with Gasteiger partial charge in [0.2, 0.25) is 0 Å². The third-order valence-corrected chi connectivity index (χ3v) is 3.46. The number of rotatable bonds is 5. The van der Waals surface area contributed by atoms with E-state index in [0.29, 0.717) is 5.69 Å². The predicted octanol–water partition coefficient (Wildman–Crippen LogP) is 3.46. The first-order valence-electron chi connectivity index (χ1n) is 8.33. The second kappa shape index (κ2) is 8.34. The van der Waals surface area contributed by atoms with Crippen LogP contribution in [0, 0.1) is 0 Å². The van der Waals surface area contributed by atoms with Gasteiger partial charge in [0.05, 0.1) is 19.3 Å². The van der Waals surface area contributed by atoms with E-state index in [9.17, 15) is 9.59 Å². The van der Waals surface area contributed by atoms with Crippen LogP contribution in [0.15, 0.2) is 24.3 Å². The number of amides is 2. The van der Waals surface area contributed by atoms with E-state index in [0.717, 1.165) is 5.56 Å². The Hall–Kier alpha value is -2.08. The molecular weight excluding hydrogens is 320 g/mol. The third kappa shape index (κ3) is 7.13. The summed E-state index contributed by atoms with van der Waals surface area (Å²) >= 11 is 0. The Morgan fingerprint density at radius 3 is 2.20 bits per heavy atom. The number of esters is 1. The first kappa shape index (κ1) is 21.0. The van der Waals surface area contributed by atoms with Crippen LogP contribution in [0.4, 0.5) is 10.5 Å². The molecule has 0 spiro atoms. The topological polar surface area (TPSA) is 76.7 Å². The van der Waals surface area contributed by atoms with Crippen molar-refractivity contribution in [3.63, 3.8) is 0 Å². The minimum absolute atomic E-state index is 0.0323. The van der Waals surface area contributed by atoms with Crippen molar-refractivity contribution in [2.24, 2.45) is 0 Å².